The normalized spacial score (nSPS) is 22.7. The van der Waals surface area contributed by atoms with Crippen LogP contribution in [0.15, 0.2) is 48.5 Å². The van der Waals surface area contributed by atoms with E-state index >= 15 is 0 Å². The van der Waals surface area contributed by atoms with Gasteiger partial charge in [-0.1, -0.05) is 61.8 Å². The number of hydrogen-bond donors (Lipinski definition) is 2. The lowest BCUT2D eigenvalue weighted by atomic mass is 9.99. The Morgan fingerprint density at radius 2 is 1.95 bits per heavy atom. The summed E-state index contributed by atoms with van der Waals surface area (Å²) in [5.74, 6) is 0.757. The molecule has 2 heterocycles. The Morgan fingerprint density at radius 1 is 1.18 bits per heavy atom. The zero-order valence-corrected chi connectivity index (χ0v) is 23.5. The highest BCUT2D eigenvalue weighted by Gasteiger charge is 2.45. The van der Waals surface area contributed by atoms with Gasteiger partial charge < -0.3 is 20.7 Å². The van der Waals surface area contributed by atoms with Gasteiger partial charge in [0.15, 0.2) is 0 Å². The molecule has 7 nitrogen and oxygen atoms in total. The van der Waals surface area contributed by atoms with Crippen molar-refractivity contribution >= 4 is 23.4 Å². The number of methoxy groups -OCH3 is 1. The number of aryl methyl sites for hydroxylation is 1. The zero-order valence-electron chi connectivity index (χ0n) is 22.7. The molecular weight excluding hydrogens is 500 g/mol. The summed E-state index contributed by atoms with van der Waals surface area (Å²) < 4.78 is 5.23. The largest absolute Gasteiger partial charge is 0.495 e. The third-order valence-corrected chi connectivity index (χ3v) is 8.07. The quantitative estimate of drug-likeness (QED) is 0.475. The number of nitrogens with zero attached hydrogens (tertiary/aromatic N) is 2. The van der Waals surface area contributed by atoms with E-state index in [2.05, 4.69) is 48.3 Å². The van der Waals surface area contributed by atoms with E-state index < -0.39 is 6.04 Å². The molecule has 2 aliphatic rings. The molecule has 38 heavy (non-hydrogen) atoms. The summed E-state index contributed by atoms with van der Waals surface area (Å²) in [4.78, 5) is 31.7. The van der Waals surface area contributed by atoms with E-state index in [9.17, 15) is 9.59 Å². The lowest BCUT2D eigenvalue weighted by Crippen LogP contribution is -2.53. The molecule has 0 spiro atoms. The molecule has 0 radical (unpaired) electrons. The van der Waals surface area contributed by atoms with Gasteiger partial charge in [0.05, 0.1) is 18.2 Å². The summed E-state index contributed by atoms with van der Waals surface area (Å²) in [6, 6.07) is 15.4. The van der Waals surface area contributed by atoms with Crippen LogP contribution in [-0.2, 0) is 22.6 Å². The van der Waals surface area contributed by atoms with Crippen LogP contribution in [0.2, 0.25) is 5.02 Å². The fourth-order valence-electron chi connectivity index (χ4n) is 5.84. The molecular formula is C30H41ClN4O3. The maximum absolute atomic E-state index is 13.9. The first kappa shape index (κ1) is 28.4. The average Bonchev–Trinajstić information content (AvgIpc) is 3.24. The van der Waals surface area contributed by atoms with Gasteiger partial charge in [0.2, 0.25) is 11.8 Å². The van der Waals surface area contributed by atoms with Crippen molar-refractivity contribution in [2.45, 2.75) is 76.7 Å². The van der Waals surface area contributed by atoms with E-state index in [0.29, 0.717) is 36.7 Å². The maximum Gasteiger partial charge on any atom is 0.243 e. The summed E-state index contributed by atoms with van der Waals surface area (Å²) in [7, 11) is 1.57. The summed E-state index contributed by atoms with van der Waals surface area (Å²) >= 11 is 6.27. The third kappa shape index (κ3) is 6.87. The topological polar surface area (TPSA) is 87.9 Å². The first-order valence-electron chi connectivity index (χ1n) is 13.7. The van der Waals surface area contributed by atoms with Crippen LogP contribution in [0.3, 0.4) is 0 Å². The number of ether oxygens (including phenoxy) is 1. The second-order valence-corrected chi connectivity index (χ2v) is 11.4. The summed E-state index contributed by atoms with van der Waals surface area (Å²) in [6.07, 6.45) is 4.00. The minimum absolute atomic E-state index is 0.0275. The second-order valence-electron chi connectivity index (χ2n) is 11.0. The molecule has 2 aliphatic heterocycles. The van der Waals surface area contributed by atoms with Crippen LogP contribution in [0.4, 0.5) is 0 Å². The van der Waals surface area contributed by atoms with Gasteiger partial charge in [-0.3, -0.25) is 14.5 Å². The van der Waals surface area contributed by atoms with E-state index in [4.69, 9.17) is 22.1 Å². The van der Waals surface area contributed by atoms with Crippen molar-refractivity contribution in [1.29, 1.82) is 0 Å². The predicted molar refractivity (Wildman–Crippen MR) is 151 cm³/mol. The van der Waals surface area contributed by atoms with Crippen molar-refractivity contribution < 1.29 is 14.3 Å². The van der Waals surface area contributed by atoms with E-state index in [1.165, 1.54) is 5.56 Å². The Labute approximate surface area is 231 Å². The monoisotopic (exact) mass is 540 g/mol. The molecule has 0 saturated carbocycles. The first-order chi connectivity index (χ1) is 18.3. The molecule has 0 aromatic heterocycles. The number of fused-ring (bicyclic) bond motifs is 1. The number of carbonyl (C=O) groups is 2. The number of nitrogens with two attached hydrogens (primary N) is 1. The number of rotatable bonds is 10. The Hall–Kier alpha value is -2.61. The van der Waals surface area contributed by atoms with Gasteiger partial charge in [-0.25, -0.2) is 0 Å². The molecule has 2 aromatic rings. The van der Waals surface area contributed by atoms with Gasteiger partial charge in [0.1, 0.15) is 11.8 Å². The molecule has 1 unspecified atom stereocenters. The van der Waals surface area contributed by atoms with Crippen LogP contribution in [-0.4, -0.2) is 66.0 Å². The lowest BCUT2D eigenvalue weighted by Gasteiger charge is -2.33. The molecule has 4 atom stereocenters. The smallest absolute Gasteiger partial charge is 0.243 e. The number of halogens is 1. The SMILES string of the molecule is COc1ccc(CNC(=O)[C@@H](CC(C)C)N2CCC(CCc3ccccc3)N3C[C@H](N)C[C@H]3C2=O)cc1Cl. The van der Waals surface area contributed by atoms with Crippen molar-refractivity contribution in [2.24, 2.45) is 11.7 Å². The molecule has 2 fully saturated rings. The number of amides is 2. The molecule has 4 rings (SSSR count). The van der Waals surface area contributed by atoms with Crippen molar-refractivity contribution in [2.75, 3.05) is 20.2 Å². The summed E-state index contributed by atoms with van der Waals surface area (Å²) in [6.45, 7) is 5.81. The van der Waals surface area contributed by atoms with Crippen LogP contribution in [0.25, 0.3) is 0 Å². The molecule has 2 saturated heterocycles. The number of benzene rings is 2. The fourth-order valence-corrected chi connectivity index (χ4v) is 6.12. The van der Waals surface area contributed by atoms with Gasteiger partial charge in [0.25, 0.3) is 0 Å². The van der Waals surface area contributed by atoms with Gasteiger partial charge in [0, 0.05) is 31.7 Å². The Morgan fingerprint density at radius 3 is 2.63 bits per heavy atom. The van der Waals surface area contributed by atoms with Crippen molar-refractivity contribution in [1.82, 2.24) is 15.1 Å². The lowest BCUT2D eigenvalue weighted by molar-refractivity contribution is -0.143. The molecule has 2 aromatic carbocycles. The van der Waals surface area contributed by atoms with Crippen molar-refractivity contribution in [3.63, 3.8) is 0 Å². The number of nitrogens with one attached hydrogen (secondary N) is 1. The highest BCUT2D eigenvalue weighted by atomic mass is 35.5. The Bertz CT molecular complexity index is 1100. The highest BCUT2D eigenvalue weighted by Crippen LogP contribution is 2.31. The van der Waals surface area contributed by atoms with Crippen LogP contribution in [0, 0.1) is 5.92 Å². The molecule has 3 N–H and O–H groups in total. The minimum atomic E-state index is -0.525. The maximum atomic E-state index is 13.9. The summed E-state index contributed by atoms with van der Waals surface area (Å²) in [5, 5.41) is 3.56. The highest BCUT2D eigenvalue weighted by molar-refractivity contribution is 6.32. The van der Waals surface area contributed by atoms with Crippen LogP contribution in [0.5, 0.6) is 5.75 Å². The van der Waals surface area contributed by atoms with E-state index in [-0.39, 0.29) is 35.9 Å². The van der Waals surface area contributed by atoms with E-state index in [0.717, 1.165) is 31.4 Å². The van der Waals surface area contributed by atoms with E-state index in [1.807, 2.05) is 17.0 Å². The fraction of sp³-hybridized carbons (Fsp3) is 0.533. The van der Waals surface area contributed by atoms with Crippen LogP contribution in [0.1, 0.15) is 50.7 Å². The van der Waals surface area contributed by atoms with Crippen molar-refractivity contribution in [3.05, 3.63) is 64.7 Å². The van der Waals surface area contributed by atoms with Crippen molar-refractivity contribution in [3.8, 4) is 5.75 Å². The standard InChI is InChI=1S/C30H41ClN4O3/c1-20(2)15-26(29(36)33-18-22-10-12-28(38-3)25(31)16-22)34-14-13-24(11-9-21-7-5-4-6-8-21)35-19-23(32)17-27(35)30(34)37/h4-8,10,12,16,20,23-24,26-27H,9,11,13-15,17-19,32H2,1-3H3,(H,33,36)/t23-,24?,26-,27+/m1/s1. The minimum Gasteiger partial charge on any atom is -0.495 e. The molecule has 0 bridgehead atoms. The summed E-state index contributed by atoms with van der Waals surface area (Å²) in [5.41, 5.74) is 8.55. The number of carbonyl (C=O) groups excluding carboxylic acids is 2. The van der Waals surface area contributed by atoms with Gasteiger partial charge in [-0.15, -0.1) is 0 Å². The third-order valence-electron chi connectivity index (χ3n) is 7.78. The molecule has 8 heteroatoms. The van der Waals surface area contributed by atoms with Gasteiger partial charge >= 0.3 is 0 Å². The average molecular weight is 541 g/mol. The predicted octanol–water partition coefficient (Wildman–Crippen LogP) is 4.01. The van der Waals surface area contributed by atoms with Crippen LogP contribution >= 0.6 is 11.6 Å². The van der Waals surface area contributed by atoms with E-state index in [1.54, 1.807) is 19.2 Å². The Balaban J connectivity index is 1.49. The zero-order chi connectivity index (χ0) is 27.2. The molecule has 206 valence electrons. The first-order valence-corrected chi connectivity index (χ1v) is 14.1. The van der Waals surface area contributed by atoms with Gasteiger partial charge in [-0.2, -0.15) is 0 Å². The van der Waals surface area contributed by atoms with Gasteiger partial charge in [-0.05, 0) is 61.3 Å². The second kappa shape index (κ2) is 13.0. The Kier molecular flexibility index (Phi) is 9.69. The van der Waals surface area contributed by atoms with Crippen LogP contribution < -0.4 is 15.8 Å². The molecule has 0 aliphatic carbocycles. The molecule has 2 amide bonds. The number of hydrogen-bond acceptors (Lipinski definition) is 5.